The molecule has 0 unspecified atom stereocenters. The van der Waals surface area contributed by atoms with Gasteiger partial charge < -0.3 is 10.1 Å². The summed E-state index contributed by atoms with van der Waals surface area (Å²) in [6, 6.07) is 6.21. The van der Waals surface area contributed by atoms with Gasteiger partial charge in [0, 0.05) is 38.4 Å². The summed E-state index contributed by atoms with van der Waals surface area (Å²) in [7, 11) is -3.48. The fourth-order valence-corrected chi connectivity index (χ4v) is 4.52. The average molecular weight is 397 g/mol. The van der Waals surface area contributed by atoms with Crippen molar-refractivity contribution in [2.24, 2.45) is 5.92 Å². The third kappa shape index (κ3) is 6.90. The third-order valence-electron chi connectivity index (χ3n) is 4.52. The molecule has 0 aromatic heterocycles. The molecule has 1 N–H and O–H groups in total. The number of amides is 1. The molecule has 0 atom stereocenters. The summed E-state index contributed by atoms with van der Waals surface area (Å²) in [5.41, 5.74) is 0.466. The Kier molecular flexibility index (Phi) is 8.73. The van der Waals surface area contributed by atoms with Crippen molar-refractivity contribution in [2.75, 3.05) is 32.8 Å². The van der Waals surface area contributed by atoms with Crippen molar-refractivity contribution in [1.29, 1.82) is 0 Å². The quantitative estimate of drug-likeness (QED) is 0.651. The standard InChI is InChI=1S/C20H32N2O4S/c1-17(2)16-26-15-7-12-21-20(23)18-8-10-19(11-9-18)27(24,25)22-13-5-3-4-6-14-22/h8-11,17H,3-7,12-16H2,1-2H3,(H,21,23). The van der Waals surface area contributed by atoms with E-state index < -0.39 is 10.0 Å². The van der Waals surface area contributed by atoms with E-state index in [1.807, 2.05) is 0 Å². The maximum Gasteiger partial charge on any atom is 0.251 e. The number of carbonyl (C=O) groups is 1. The van der Waals surface area contributed by atoms with Gasteiger partial charge in [-0.25, -0.2) is 8.42 Å². The fourth-order valence-electron chi connectivity index (χ4n) is 3.01. The van der Waals surface area contributed by atoms with Gasteiger partial charge in [0.1, 0.15) is 0 Å². The van der Waals surface area contributed by atoms with Gasteiger partial charge in [0.05, 0.1) is 4.90 Å². The predicted molar refractivity (Wildman–Crippen MR) is 106 cm³/mol. The highest BCUT2D eigenvalue weighted by atomic mass is 32.2. The van der Waals surface area contributed by atoms with Crippen molar-refractivity contribution in [3.63, 3.8) is 0 Å². The van der Waals surface area contributed by atoms with Crippen LogP contribution in [0.3, 0.4) is 0 Å². The number of nitrogens with zero attached hydrogens (tertiary/aromatic N) is 1. The van der Waals surface area contributed by atoms with E-state index in [2.05, 4.69) is 19.2 Å². The van der Waals surface area contributed by atoms with Crippen LogP contribution in [-0.4, -0.2) is 51.5 Å². The zero-order valence-corrected chi connectivity index (χ0v) is 17.3. The van der Waals surface area contributed by atoms with Gasteiger partial charge in [-0.2, -0.15) is 4.31 Å². The fraction of sp³-hybridized carbons (Fsp3) is 0.650. The minimum atomic E-state index is -3.48. The molecule has 1 heterocycles. The number of rotatable bonds is 9. The highest BCUT2D eigenvalue weighted by molar-refractivity contribution is 7.89. The first-order chi connectivity index (χ1) is 12.9. The Balaban J connectivity index is 1.85. The molecule has 0 aliphatic carbocycles. The van der Waals surface area contributed by atoms with E-state index in [9.17, 15) is 13.2 Å². The summed E-state index contributed by atoms with van der Waals surface area (Å²) in [6.45, 7) is 7.21. The first-order valence-electron chi connectivity index (χ1n) is 9.87. The Morgan fingerprint density at radius 3 is 2.33 bits per heavy atom. The molecule has 1 aliphatic heterocycles. The van der Waals surface area contributed by atoms with Crippen LogP contribution in [0, 0.1) is 5.92 Å². The van der Waals surface area contributed by atoms with E-state index in [1.54, 1.807) is 16.4 Å². The molecule has 1 aliphatic rings. The topological polar surface area (TPSA) is 75.7 Å². The second-order valence-electron chi connectivity index (χ2n) is 7.42. The lowest BCUT2D eigenvalue weighted by atomic mass is 10.2. The summed E-state index contributed by atoms with van der Waals surface area (Å²) >= 11 is 0. The Bertz CT molecular complexity index is 678. The zero-order chi connectivity index (χ0) is 19.7. The number of sulfonamides is 1. The van der Waals surface area contributed by atoms with Gasteiger partial charge >= 0.3 is 0 Å². The molecule has 1 aromatic carbocycles. The molecule has 1 aromatic rings. The third-order valence-corrected chi connectivity index (χ3v) is 6.43. The van der Waals surface area contributed by atoms with Crippen LogP contribution >= 0.6 is 0 Å². The van der Waals surface area contributed by atoms with Gasteiger partial charge in [0.2, 0.25) is 10.0 Å². The summed E-state index contributed by atoms with van der Waals surface area (Å²) in [6.07, 6.45) is 4.71. The molecule has 6 nitrogen and oxygen atoms in total. The van der Waals surface area contributed by atoms with Gasteiger partial charge in [-0.1, -0.05) is 26.7 Å². The van der Waals surface area contributed by atoms with Crippen LogP contribution in [0.25, 0.3) is 0 Å². The van der Waals surface area contributed by atoms with Gasteiger partial charge in [-0.3, -0.25) is 4.79 Å². The number of ether oxygens (including phenoxy) is 1. The van der Waals surface area contributed by atoms with Crippen molar-refractivity contribution in [3.8, 4) is 0 Å². The number of carbonyl (C=O) groups excluding carboxylic acids is 1. The van der Waals surface area contributed by atoms with Crippen LogP contribution in [-0.2, 0) is 14.8 Å². The SMILES string of the molecule is CC(C)COCCCNC(=O)c1ccc(S(=O)(=O)N2CCCCCC2)cc1. The molecule has 0 bridgehead atoms. The van der Waals surface area contributed by atoms with Crippen LogP contribution < -0.4 is 5.32 Å². The van der Waals surface area contributed by atoms with Gasteiger partial charge in [0.15, 0.2) is 0 Å². The number of nitrogens with one attached hydrogen (secondary N) is 1. The molecular weight excluding hydrogens is 364 g/mol. The van der Waals surface area contributed by atoms with Crippen LogP contribution in [0.15, 0.2) is 29.2 Å². The largest absolute Gasteiger partial charge is 0.381 e. The predicted octanol–water partition coefficient (Wildman–Crippen LogP) is 3.04. The van der Waals surface area contributed by atoms with Crippen molar-refractivity contribution in [1.82, 2.24) is 9.62 Å². The molecule has 7 heteroatoms. The molecule has 1 fully saturated rings. The van der Waals surface area contributed by atoms with Gasteiger partial charge in [-0.05, 0) is 49.4 Å². The lowest BCUT2D eigenvalue weighted by Gasteiger charge is -2.20. The Hall–Kier alpha value is -1.44. The maximum absolute atomic E-state index is 12.8. The lowest BCUT2D eigenvalue weighted by molar-refractivity contribution is 0.0925. The number of hydrogen-bond donors (Lipinski definition) is 1. The van der Waals surface area contributed by atoms with Crippen molar-refractivity contribution in [3.05, 3.63) is 29.8 Å². The second-order valence-corrected chi connectivity index (χ2v) is 9.36. The second kappa shape index (κ2) is 10.8. The van der Waals surface area contributed by atoms with E-state index in [0.717, 1.165) is 38.7 Å². The summed E-state index contributed by atoms with van der Waals surface area (Å²) in [5, 5.41) is 2.84. The number of hydrogen-bond acceptors (Lipinski definition) is 4. The Morgan fingerprint density at radius 1 is 1.11 bits per heavy atom. The smallest absolute Gasteiger partial charge is 0.251 e. The lowest BCUT2D eigenvalue weighted by Crippen LogP contribution is -2.32. The monoisotopic (exact) mass is 396 g/mol. The molecular formula is C20H32N2O4S. The summed E-state index contributed by atoms with van der Waals surface area (Å²) in [5.74, 6) is 0.307. The van der Waals surface area contributed by atoms with Crippen LogP contribution in [0.1, 0.15) is 56.3 Å². The first kappa shape index (κ1) is 21.9. The molecule has 1 amide bonds. The molecule has 0 spiro atoms. The van der Waals surface area contributed by atoms with Crippen LogP contribution in [0.5, 0.6) is 0 Å². The molecule has 0 radical (unpaired) electrons. The minimum absolute atomic E-state index is 0.197. The van der Waals surface area contributed by atoms with Gasteiger partial charge in [0.25, 0.3) is 5.91 Å². The van der Waals surface area contributed by atoms with E-state index in [0.29, 0.717) is 37.7 Å². The molecule has 1 saturated heterocycles. The van der Waals surface area contributed by atoms with Crippen LogP contribution in [0.4, 0.5) is 0 Å². The molecule has 152 valence electrons. The maximum atomic E-state index is 12.8. The molecule has 0 saturated carbocycles. The Labute approximate surface area is 163 Å². The highest BCUT2D eigenvalue weighted by Gasteiger charge is 2.25. The van der Waals surface area contributed by atoms with E-state index in [4.69, 9.17) is 4.74 Å². The summed E-state index contributed by atoms with van der Waals surface area (Å²) in [4.78, 5) is 12.4. The van der Waals surface area contributed by atoms with E-state index in [1.165, 1.54) is 12.1 Å². The first-order valence-corrected chi connectivity index (χ1v) is 11.3. The normalized spacial score (nSPS) is 16.3. The van der Waals surface area contributed by atoms with Crippen molar-refractivity contribution in [2.45, 2.75) is 50.8 Å². The zero-order valence-electron chi connectivity index (χ0n) is 16.4. The van der Waals surface area contributed by atoms with E-state index in [-0.39, 0.29) is 10.8 Å². The average Bonchev–Trinajstić information content (AvgIpc) is 2.94. The minimum Gasteiger partial charge on any atom is -0.381 e. The van der Waals surface area contributed by atoms with Gasteiger partial charge in [-0.15, -0.1) is 0 Å². The van der Waals surface area contributed by atoms with Crippen molar-refractivity contribution >= 4 is 15.9 Å². The van der Waals surface area contributed by atoms with E-state index >= 15 is 0 Å². The highest BCUT2D eigenvalue weighted by Crippen LogP contribution is 2.20. The van der Waals surface area contributed by atoms with Crippen molar-refractivity contribution < 1.29 is 17.9 Å². The molecule has 27 heavy (non-hydrogen) atoms. The summed E-state index contributed by atoms with van der Waals surface area (Å²) < 4.78 is 32.5. The molecule has 2 rings (SSSR count). The Morgan fingerprint density at radius 2 is 1.74 bits per heavy atom. The van der Waals surface area contributed by atoms with Crippen LogP contribution in [0.2, 0.25) is 0 Å². The number of benzene rings is 1.